The molecule has 1 aliphatic carbocycles. The van der Waals surface area contributed by atoms with Crippen molar-refractivity contribution in [3.63, 3.8) is 0 Å². The van der Waals surface area contributed by atoms with Gasteiger partial charge in [-0.25, -0.2) is 0 Å². The van der Waals surface area contributed by atoms with Crippen molar-refractivity contribution in [2.24, 2.45) is 23.0 Å². The fourth-order valence-corrected chi connectivity index (χ4v) is 3.23. The van der Waals surface area contributed by atoms with Crippen LogP contribution in [0.5, 0.6) is 0 Å². The van der Waals surface area contributed by atoms with Gasteiger partial charge in [0.2, 0.25) is 0 Å². The van der Waals surface area contributed by atoms with Crippen LogP contribution in [-0.4, -0.2) is 12.0 Å². The van der Waals surface area contributed by atoms with E-state index in [1.807, 2.05) is 12.1 Å². The molecule has 0 heterocycles. The molecule has 3 unspecified atom stereocenters. The first-order valence-electron chi connectivity index (χ1n) is 7.49. The third kappa shape index (κ3) is 3.58. The van der Waals surface area contributed by atoms with Crippen LogP contribution in [0.15, 0.2) is 24.3 Å². The van der Waals surface area contributed by atoms with Crippen LogP contribution in [0.2, 0.25) is 5.02 Å². The van der Waals surface area contributed by atoms with Crippen molar-refractivity contribution in [2.75, 3.05) is 0 Å². The second kappa shape index (κ2) is 6.37. The lowest BCUT2D eigenvalue weighted by Gasteiger charge is -2.45. The summed E-state index contributed by atoms with van der Waals surface area (Å²) in [5.74, 6) is 0.104. The Morgan fingerprint density at radius 2 is 1.95 bits per heavy atom. The molecule has 1 aromatic carbocycles. The number of esters is 1. The number of hydrogen-bond donors (Lipinski definition) is 1. The molecular weight excluding hydrogens is 286 g/mol. The summed E-state index contributed by atoms with van der Waals surface area (Å²) in [6, 6.07) is 7.52. The zero-order valence-corrected chi connectivity index (χ0v) is 13.7. The summed E-state index contributed by atoms with van der Waals surface area (Å²) in [7, 11) is 0. The summed E-state index contributed by atoms with van der Waals surface area (Å²) in [6.45, 7) is 6.65. The second-order valence-electron chi connectivity index (χ2n) is 6.64. The minimum absolute atomic E-state index is 0.0837. The molecule has 0 radical (unpaired) electrons. The molecule has 116 valence electrons. The van der Waals surface area contributed by atoms with E-state index >= 15 is 0 Å². The van der Waals surface area contributed by atoms with E-state index < -0.39 is 0 Å². The molecule has 1 saturated carbocycles. The van der Waals surface area contributed by atoms with Crippen LogP contribution in [0.3, 0.4) is 0 Å². The smallest absolute Gasteiger partial charge is 0.309 e. The van der Waals surface area contributed by atoms with Crippen molar-refractivity contribution in [3.05, 3.63) is 34.9 Å². The van der Waals surface area contributed by atoms with E-state index in [9.17, 15) is 4.79 Å². The van der Waals surface area contributed by atoms with Gasteiger partial charge < -0.3 is 10.5 Å². The number of rotatable bonds is 3. The lowest BCUT2D eigenvalue weighted by Crippen LogP contribution is -2.49. The largest absolute Gasteiger partial charge is 0.461 e. The van der Waals surface area contributed by atoms with Gasteiger partial charge in [-0.1, -0.05) is 44.5 Å². The molecule has 0 spiro atoms. The summed E-state index contributed by atoms with van der Waals surface area (Å²) in [5.41, 5.74) is 6.95. The third-order valence-corrected chi connectivity index (χ3v) is 5.33. The first-order chi connectivity index (χ1) is 9.82. The zero-order valence-electron chi connectivity index (χ0n) is 12.9. The summed E-state index contributed by atoms with van der Waals surface area (Å²) in [5, 5.41) is 0.682. The molecule has 2 rings (SSSR count). The highest BCUT2D eigenvalue weighted by molar-refractivity contribution is 6.30. The van der Waals surface area contributed by atoms with Crippen molar-refractivity contribution in [2.45, 2.75) is 46.3 Å². The average Bonchev–Trinajstić information content (AvgIpc) is 2.44. The van der Waals surface area contributed by atoms with Crippen LogP contribution in [0.1, 0.15) is 39.2 Å². The Hall–Kier alpha value is -1.06. The summed E-state index contributed by atoms with van der Waals surface area (Å²) in [4.78, 5) is 12.4. The van der Waals surface area contributed by atoms with Gasteiger partial charge in [0.1, 0.15) is 6.61 Å². The highest BCUT2D eigenvalue weighted by atomic mass is 35.5. The Morgan fingerprint density at radius 3 is 2.57 bits per heavy atom. The SMILES string of the molecule is CC1C(N)CCC(C(=O)OCc2ccc(Cl)cc2)C1(C)C. The van der Waals surface area contributed by atoms with Crippen LogP contribution in [0, 0.1) is 17.3 Å². The molecule has 2 N–H and O–H groups in total. The van der Waals surface area contributed by atoms with Gasteiger partial charge in [0, 0.05) is 11.1 Å². The first kappa shape index (κ1) is 16.3. The van der Waals surface area contributed by atoms with Gasteiger partial charge in [-0.3, -0.25) is 4.79 Å². The number of nitrogens with two attached hydrogens (primary N) is 1. The molecule has 0 amide bonds. The van der Waals surface area contributed by atoms with E-state index in [0.717, 1.165) is 18.4 Å². The van der Waals surface area contributed by atoms with Crippen LogP contribution in [-0.2, 0) is 16.1 Å². The normalized spacial score (nSPS) is 28.1. The molecule has 0 saturated heterocycles. The fraction of sp³-hybridized carbons (Fsp3) is 0.588. The molecule has 1 fully saturated rings. The predicted molar refractivity (Wildman–Crippen MR) is 84.9 cm³/mol. The molecule has 0 aliphatic heterocycles. The van der Waals surface area contributed by atoms with Crippen molar-refractivity contribution >= 4 is 17.6 Å². The molecule has 1 aromatic rings. The number of carbonyl (C=O) groups excluding carboxylic acids is 1. The van der Waals surface area contributed by atoms with Crippen molar-refractivity contribution in [3.8, 4) is 0 Å². The van der Waals surface area contributed by atoms with Crippen LogP contribution >= 0.6 is 11.6 Å². The highest BCUT2D eigenvalue weighted by Gasteiger charge is 2.45. The minimum atomic E-state index is -0.130. The van der Waals surface area contributed by atoms with Crippen LogP contribution in [0.4, 0.5) is 0 Å². The van der Waals surface area contributed by atoms with Crippen molar-refractivity contribution in [1.29, 1.82) is 0 Å². The molecule has 4 heteroatoms. The Balaban J connectivity index is 1.98. The highest BCUT2D eigenvalue weighted by Crippen LogP contribution is 2.44. The maximum Gasteiger partial charge on any atom is 0.309 e. The van der Waals surface area contributed by atoms with Gasteiger partial charge in [-0.15, -0.1) is 0 Å². The summed E-state index contributed by atoms with van der Waals surface area (Å²) >= 11 is 5.84. The molecule has 1 aliphatic rings. The molecular formula is C17H24ClNO2. The summed E-state index contributed by atoms with van der Waals surface area (Å²) in [6.07, 6.45) is 1.68. The fourth-order valence-electron chi connectivity index (χ4n) is 3.11. The number of ether oxygens (including phenoxy) is 1. The Morgan fingerprint density at radius 1 is 1.33 bits per heavy atom. The minimum Gasteiger partial charge on any atom is -0.461 e. The number of benzene rings is 1. The molecule has 21 heavy (non-hydrogen) atoms. The summed E-state index contributed by atoms with van der Waals surface area (Å²) < 4.78 is 5.50. The lowest BCUT2D eigenvalue weighted by molar-refractivity contribution is -0.158. The van der Waals surface area contributed by atoms with Crippen LogP contribution < -0.4 is 5.73 Å². The second-order valence-corrected chi connectivity index (χ2v) is 7.07. The van der Waals surface area contributed by atoms with Crippen LogP contribution in [0.25, 0.3) is 0 Å². The van der Waals surface area contributed by atoms with E-state index in [1.165, 1.54) is 0 Å². The van der Waals surface area contributed by atoms with Gasteiger partial charge >= 0.3 is 5.97 Å². The topological polar surface area (TPSA) is 52.3 Å². The number of halogens is 1. The Kier molecular flexibility index (Phi) is 4.95. The lowest BCUT2D eigenvalue weighted by atomic mass is 9.61. The van der Waals surface area contributed by atoms with Crippen molar-refractivity contribution in [1.82, 2.24) is 0 Å². The monoisotopic (exact) mass is 309 g/mol. The standard InChI is InChI=1S/C17H24ClNO2/c1-11-15(19)9-8-14(17(11,2)3)16(20)21-10-12-4-6-13(18)7-5-12/h4-7,11,14-15H,8-10,19H2,1-3H3. The molecule has 3 atom stereocenters. The molecule has 3 nitrogen and oxygen atoms in total. The Labute approximate surface area is 131 Å². The first-order valence-corrected chi connectivity index (χ1v) is 7.87. The van der Waals surface area contributed by atoms with Gasteiger partial charge in [-0.05, 0) is 41.9 Å². The van der Waals surface area contributed by atoms with Crippen molar-refractivity contribution < 1.29 is 9.53 Å². The molecule has 0 aromatic heterocycles. The van der Waals surface area contributed by atoms with Gasteiger partial charge in [0.05, 0.1) is 5.92 Å². The number of carbonyl (C=O) groups is 1. The quantitative estimate of drug-likeness (QED) is 0.864. The Bertz CT molecular complexity index is 498. The van der Waals surface area contributed by atoms with Gasteiger partial charge in [0.15, 0.2) is 0 Å². The maximum atomic E-state index is 12.4. The predicted octanol–water partition coefficient (Wildman–Crippen LogP) is 3.78. The average molecular weight is 310 g/mol. The van der Waals surface area contributed by atoms with E-state index in [4.69, 9.17) is 22.1 Å². The van der Waals surface area contributed by atoms with Gasteiger partial charge in [0.25, 0.3) is 0 Å². The van der Waals surface area contributed by atoms with Gasteiger partial charge in [-0.2, -0.15) is 0 Å². The van der Waals surface area contributed by atoms with E-state index in [-0.39, 0.29) is 23.3 Å². The third-order valence-electron chi connectivity index (χ3n) is 5.08. The number of hydrogen-bond acceptors (Lipinski definition) is 3. The van der Waals surface area contributed by atoms with E-state index in [1.54, 1.807) is 12.1 Å². The van der Waals surface area contributed by atoms with E-state index in [2.05, 4.69) is 20.8 Å². The molecule has 0 bridgehead atoms. The maximum absolute atomic E-state index is 12.4. The zero-order chi connectivity index (χ0) is 15.6. The van der Waals surface area contributed by atoms with E-state index in [0.29, 0.717) is 17.5 Å².